The van der Waals surface area contributed by atoms with Gasteiger partial charge in [0.05, 0.1) is 7.11 Å². The predicted octanol–water partition coefficient (Wildman–Crippen LogP) is 2.80. The third-order valence-electron chi connectivity index (χ3n) is 2.67. The lowest BCUT2D eigenvalue weighted by Gasteiger charge is -2.10. The molecule has 1 aromatic carbocycles. The van der Waals surface area contributed by atoms with Gasteiger partial charge in [-0.15, -0.1) is 0 Å². The zero-order valence-corrected chi connectivity index (χ0v) is 11.8. The Bertz CT molecular complexity index is 617. The van der Waals surface area contributed by atoms with Crippen molar-refractivity contribution in [2.75, 3.05) is 7.11 Å². The average Bonchev–Trinajstić information content (AvgIpc) is 2.48. The normalized spacial score (nSPS) is 10.2. The number of carbonyl (C=O) groups is 1. The van der Waals surface area contributed by atoms with Crippen LogP contribution in [-0.2, 0) is 11.3 Å². The van der Waals surface area contributed by atoms with Crippen LogP contribution in [0.25, 0.3) is 0 Å². The van der Waals surface area contributed by atoms with Crippen molar-refractivity contribution >= 4 is 17.6 Å². The van der Waals surface area contributed by atoms with Crippen LogP contribution >= 0.6 is 11.6 Å². The van der Waals surface area contributed by atoms with Gasteiger partial charge in [-0.25, -0.2) is 9.78 Å². The van der Waals surface area contributed by atoms with Gasteiger partial charge >= 0.3 is 5.97 Å². The molecule has 104 valence electrons. The number of nitrogens with zero attached hydrogens (tertiary/aromatic N) is 2. The van der Waals surface area contributed by atoms with Crippen molar-refractivity contribution < 1.29 is 14.3 Å². The van der Waals surface area contributed by atoms with Gasteiger partial charge in [0, 0.05) is 5.56 Å². The molecule has 0 atom stereocenters. The molecule has 0 saturated heterocycles. The van der Waals surface area contributed by atoms with E-state index in [1.165, 1.54) is 7.11 Å². The molecule has 1 heterocycles. The Balaban J connectivity index is 2.23. The fourth-order valence-corrected chi connectivity index (χ4v) is 1.79. The van der Waals surface area contributed by atoms with Crippen LogP contribution in [0.3, 0.4) is 0 Å². The maximum absolute atomic E-state index is 11.6. The molecule has 5 nitrogen and oxygen atoms in total. The first-order valence-corrected chi connectivity index (χ1v) is 6.28. The van der Waals surface area contributed by atoms with Crippen LogP contribution in [0.5, 0.6) is 5.88 Å². The Kier molecular flexibility index (Phi) is 4.53. The Morgan fingerprint density at radius 1 is 1.25 bits per heavy atom. The van der Waals surface area contributed by atoms with E-state index in [4.69, 9.17) is 16.3 Å². The van der Waals surface area contributed by atoms with Crippen LogP contribution in [0, 0.1) is 6.92 Å². The molecular formula is C14H13ClN2O3. The number of esters is 1. The van der Waals surface area contributed by atoms with Crippen LogP contribution in [-0.4, -0.2) is 23.0 Å². The van der Waals surface area contributed by atoms with Gasteiger partial charge in [0.15, 0.2) is 5.69 Å². The van der Waals surface area contributed by atoms with Crippen molar-refractivity contribution in [1.29, 1.82) is 0 Å². The maximum Gasteiger partial charge on any atom is 0.357 e. The molecule has 20 heavy (non-hydrogen) atoms. The Hall–Kier alpha value is -2.14. The third kappa shape index (κ3) is 3.24. The summed E-state index contributed by atoms with van der Waals surface area (Å²) in [4.78, 5) is 19.4. The molecule has 1 aromatic heterocycles. The number of benzene rings is 1. The fraction of sp³-hybridized carbons (Fsp3) is 0.214. The first kappa shape index (κ1) is 14.3. The summed E-state index contributed by atoms with van der Waals surface area (Å²) in [7, 11) is 1.28. The van der Waals surface area contributed by atoms with E-state index < -0.39 is 5.97 Å². The lowest BCUT2D eigenvalue weighted by molar-refractivity contribution is 0.0592. The van der Waals surface area contributed by atoms with Gasteiger partial charge in [0.2, 0.25) is 11.2 Å². The summed E-state index contributed by atoms with van der Waals surface area (Å²) in [6.07, 6.45) is 0. The molecule has 0 aliphatic rings. The summed E-state index contributed by atoms with van der Waals surface area (Å²) in [6, 6.07) is 9.61. The number of rotatable bonds is 4. The summed E-state index contributed by atoms with van der Waals surface area (Å²) in [5, 5.41) is -0.0564. The van der Waals surface area contributed by atoms with E-state index in [0.717, 1.165) is 5.56 Å². The van der Waals surface area contributed by atoms with E-state index >= 15 is 0 Å². The minimum absolute atomic E-state index is 0.0564. The third-order valence-corrected chi connectivity index (χ3v) is 2.84. The zero-order valence-electron chi connectivity index (χ0n) is 11.1. The highest BCUT2D eigenvalue weighted by Gasteiger charge is 2.18. The molecular weight excluding hydrogens is 280 g/mol. The molecule has 0 unspecified atom stereocenters. The summed E-state index contributed by atoms with van der Waals surface area (Å²) < 4.78 is 10.2. The Labute approximate surface area is 121 Å². The molecule has 0 saturated carbocycles. The smallest absolute Gasteiger partial charge is 0.357 e. The minimum atomic E-state index is -0.573. The van der Waals surface area contributed by atoms with E-state index in [0.29, 0.717) is 12.2 Å². The number of halogens is 1. The number of ether oxygens (including phenoxy) is 2. The minimum Gasteiger partial charge on any atom is -0.472 e. The molecule has 0 aliphatic heterocycles. The van der Waals surface area contributed by atoms with Crippen molar-refractivity contribution in [3.05, 3.63) is 52.4 Å². The first-order chi connectivity index (χ1) is 9.61. The number of methoxy groups -OCH3 is 1. The van der Waals surface area contributed by atoms with Crippen molar-refractivity contribution in [3.63, 3.8) is 0 Å². The summed E-state index contributed by atoms with van der Waals surface area (Å²) in [5.74, 6) is -0.300. The number of carbonyl (C=O) groups excluding carboxylic acids is 1. The van der Waals surface area contributed by atoms with Crippen molar-refractivity contribution in [2.24, 2.45) is 0 Å². The lowest BCUT2D eigenvalue weighted by atomic mass is 10.2. The molecule has 0 radical (unpaired) electrons. The van der Waals surface area contributed by atoms with Crippen LogP contribution < -0.4 is 4.74 Å². The number of hydrogen-bond acceptors (Lipinski definition) is 5. The second kappa shape index (κ2) is 6.34. The van der Waals surface area contributed by atoms with Crippen LogP contribution in [0.2, 0.25) is 5.28 Å². The van der Waals surface area contributed by atoms with Crippen LogP contribution in [0.4, 0.5) is 0 Å². The number of hydrogen-bond donors (Lipinski definition) is 0. The van der Waals surface area contributed by atoms with Crippen LogP contribution in [0.15, 0.2) is 30.3 Å². The average molecular weight is 293 g/mol. The Morgan fingerprint density at radius 3 is 2.60 bits per heavy atom. The number of aromatic nitrogens is 2. The molecule has 0 amide bonds. The summed E-state index contributed by atoms with van der Waals surface area (Å²) >= 11 is 5.79. The quantitative estimate of drug-likeness (QED) is 0.640. The van der Waals surface area contributed by atoms with Gasteiger partial charge in [-0.05, 0) is 24.1 Å². The Morgan fingerprint density at radius 2 is 1.95 bits per heavy atom. The highest BCUT2D eigenvalue weighted by atomic mass is 35.5. The maximum atomic E-state index is 11.6. The molecule has 0 fully saturated rings. The highest BCUT2D eigenvalue weighted by molar-refractivity contribution is 6.28. The van der Waals surface area contributed by atoms with Crippen LogP contribution in [0.1, 0.15) is 21.6 Å². The van der Waals surface area contributed by atoms with Gasteiger partial charge in [-0.3, -0.25) is 0 Å². The second-order valence-electron chi connectivity index (χ2n) is 4.04. The monoisotopic (exact) mass is 292 g/mol. The van der Waals surface area contributed by atoms with Gasteiger partial charge in [-0.1, -0.05) is 30.3 Å². The van der Waals surface area contributed by atoms with Crippen molar-refractivity contribution in [3.8, 4) is 5.88 Å². The highest BCUT2D eigenvalue weighted by Crippen LogP contribution is 2.21. The van der Waals surface area contributed by atoms with Crippen molar-refractivity contribution in [2.45, 2.75) is 13.5 Å². The standard InChI is InChI=1S/C14H13ClN2O3/c1-9-11(13(18)19-2)16-14(15)17-12(9)20-8-10-6-4-3-5-7-10/h3-7H,8H2,1-2H3. The van der Waals surface area contributed by atoms with E-state index in [1.54, 1.807) is 6.92 Å². The van der Waals surface area contributed by atoms with Gasteiger partial charge < -0.3 is 9.47 Å². The van der Waals surface area contributed by atoms with E-state index in [2.05, 4.69) is 14.7 Å². The fourth-order valence-electron chi connectivity index (χ4n) is 1.63. The first-order valence-electron chi connectivity index (χ1n) is 5.91. The molecule has 6 heteroatoms. The molecule has 0 bridgehead atoms. The topological polar surface area (TPSA) is 61.3 Å². The van der Waals surface area contributed by atoms with E-state index in [1.807, 2.05) is 30.3 Å². The van der Waals surface area contributed by atoms with E-state index in [9.17, 15) is 4.79 Å². The summed E-state index contributed by atoms with van der Waals surface area (Å²) in [6.45, 7) is 2.01. The molecule has 0 N–H and O–H groups in total. The summed E-state index contributed by atoms with van der Waals surface area (Å²) in [5.41, 5.74) is 1.59. The molecule has 2 aromatic rings. The predicted molar refractivity (Wildman–Crippen MR) is 73.9 cm³/mol. The second-order valence-corrected chi connectivity index (χ2v) is 4.38. The van der Waals surface area contributed by atoms with Gasteiger partial charge in [-0.2, -0.15) is 4.98 Å². The van der Waals surface area contributed by atoms with Crippen molar-refractivity contribution in [1.82, 2.24) is 9.97 Å². The largest absolute Gasteiger partial charge is 0.472 e. The molecule has 2 rings (SSSR count). The molecule has 0 aliphatic carbocycles. The SMILES string of the molecule is COC(=O)c1nc(Cl)nc(OCc2ccccc2)c1C. The van der Waals surface area contributed by atoms with E-state index in [-0.39, 0.29) is 16.9 Å². The van der Waals surface area contributed by atoms with Gasteiger partial charge in [0.25, 0.3) is 0 Å². The lowest BCUT2D eigenvalue weighted by Crippen LogP contribution is -2.10. The molecule has 0 spiro atoms. The van der Waals surface area contributed by atoms with Gasteiger partial charge in [0.1, 0.15) is 6.61 Å². The zero-order chi connectivity index (χ0) is 14.5.